The van der Waals surface area contributed by atoms with Gasteiger partial charge in [0.05, 0.1) is 0 Å². The molecule has 1 aromatic heterocycles. The molecule has 1 amide bonds. The minimum atomic E-state index is -0.192. The number of hydrogen-bond donors (Lipinski definition) is 0. The third-order valence-corrected chi connectivity index (χ3v) is 7.34. The van der Waals surface area contributed by atoms with E-state index in [9.17, 15) is 9.18 Å². The third kappa shape index (κ3) is 3.43. The first-order valence-corrected chi connectivity index (χ1v) is 10.9. The molecule has 3 nitrogen and oxygen atoms in total. The molecular formula is C22H25FN2OS. The molecule has 1 aliphatic carbocycles. The van der Waals surface area contributed by atoms with Gasteiger partial charge in [0.2, 0.25) is 5.91 Å². The van der Waals surface area contributed by atoms with Gasteiger partial charge in [-0.1, -0.05) is 18.2 Å². The fourth-order valence-corrected chi connectivity index (χ4v) is 5.70. The van der Waals surface area contributed by atoms with Crippen molar-refractivity contribution in [1.82, 2.24) is 9.80 Å². The predicted molar refractivity (Wildman–Crippen MR) is 105 cm³/mol. The van der Waals surface area contributed by atoms with Gasteiger partial charge in [-0.05, 0) is 48.4 Å². The monoisotopic (exact) mass is 384 g/mol. The van der Waals surface area contributed by atoms with Crippen molar-refractivity contribution in [2.75, 3.05) is 19.6 Å². The highest BCUT2D eigenvalue weighted by Crippen LogP contribution is 2.44. The van der Waals surface area contributed by atoms with Crippen LogP contribution in [-0.2, 0) is 11.3 Å². The average molecular weight is 385 g/mol. The largest absolute Gasteiger partial charge is 0.338 e. The molecule has 3 fully saturated rings. The van der Waals surface area contributed by atoms with Crippen LogP contribution >= 0.6 is 11.3 Å². The van der Waals surface area contributed by atoms with Crippen LogP contribution in [0.15, 0.2) is 41.8 Å². The van der Waals surface area contributed by atoms with Crippen molar-refractivity contribution in [2.24, 2.45) is 11.8 Å². The van der Waals surface area contributed by atoms with E-state index in [0.717, 1.165) is 45.4 Å². The molecule has 27 heavy (non-hydrogen) atoms. The van der Waals surface area contributed by atoms with E-state index in [-0.39, 0.29) is 11.7 Å². The quantitative estimate of drug-likeness (QED) is 0.792. The summed E-state index contributed by atoms with van der Waals surface area (Å²) < 4.78 is 13.4. The zero-order chi connectivity index (χ0) is 18.4. The van der Waals surface area contributed by atoms with Crippen LogP contribution in [0.5, 0.6) is 0 Å². The number of hydrogen-bond acceptors (Lipinski definition) is 3. The van der Waals surface area contributed by atoms with Gasteiger partial charge in [-0.25, -0.2) is 4.39 Å². The molecule has 0 unspecified atom stereocenters. The minimum Gasteiger partial charge on any atom is -0.338 e. The maximum atomic E-state index is 13.4. The van der Waals surface area contributed by atoms with Crippen LogP contribution in [0, 0.1) is 17.7 Å². The summed E-state index contributed by atoms with van der Waals surface area (Å²) in [7, 11) is 0. The molecule has 0 bridgehead atoms. The van der Waals surface area contributed by atoms with E-state index >= 15 is 0 Å². The molecule has 142 valence electrons. The second-order valence-electron chi connectivity index (χ2n) is 8.26. The summed E-state index contributed by atoms with van der Waals surface area (Å²) in [5.74, 6) is 1.18. The minimum absolute atomic E-state index is 0.192. The van der Waals surface area contributed by atoms with Gasteiger partial charge in [-0.15, -0.1) is 11.3 Å². The molecule has 0 spiro atoms. The van der Waals surface area contributed by atoms with E-state index in [2.05, 4.69) is 27.3 Å². The first-order chi connectivity index (χ1) is 13.2. The van der Waals surface area contributed by atoms with Crippen LogP contribution in [0.4, 0.5) is 4.39 Å². The highest BCUT2D eigenvalue weighted by atomic mass is 32.1. The van der Waals surface area contributed by atoms with Crippen molar-refractivity contribution in [3.8, 4) is 0 Å². The van der Waals surface area contributed by atoms with Gasteiger partial charge in [0.15, 0.2) is 0 Å². The average Bonchev–Trinajstić information content (AvgIpc) is 3.28. The SMILES string of the molecule is O=C(C1CC1)N1C[C@H](c2ccc(F)cc2)[C@H]2CN(Cc3cccs3)CC[C@H]21. The molecule has 1 aromatic carbocycles. The highest BCUT2D eigenvalue weighted by Gasteiger charge is 2.49. The number of carbonyl (C=O) groups is 1. The number of likely N-dealkylation sites (tertiary alicyclic amines) is 2. The van der Waals surface area contributed by atoms with E-state index in [0.29, 0.717) is 23.8 Å². The Morgan fingerprint density at radius 3 is 2.63 bits per heavy atom. The summed E-state index contributed by atoms with van der Waals surface area (Å²) in [6.07, 6.45) is 3.16. The summed E-state index contributed by atoms with van der Waals surface area (Å²) in [4.78, 5) is 19.0. The summed E-state index contributed by atoms with van der Waals surface area (Å²) in [6.45, 7) is 3.85. The molecule has 0 N–H and O–H groups in total. The summed E-state index contributed by atoms with van der Waals surface area (Å²) in [5.41, 5.74) is 1.18. The fourth-order valence-electron chi connectivity index (χ4n) is 4.95. The molecule has 1 saturated carbocycles. The number of halogens is 1. The highest BCUT2D eigenvalue weighted by molar-refractivity contribution is 7.09. The van der Waals surface area contributed by atoms with Gasteiger partial charge in [-0.3, -0.25) is 9.69 Å². The number of carbonyl (C=O) groups excluding carboxylic acids is 1. The number of rotatable bonds is 4. The second kappa shape index (κ2) is 7.02. The number of amides is 1. The van der Waals surface area contributed by atoms with Crippen LogP contribution < -0.4 is 0 Å². The van der Waals surface area contributed by atoms with E-state index in [1.165, 1.54) is 10.4 Å². The molecule has 5 heteroatoms. The van der Waals surface area contributed by atoms with Crippen LogP contribution in [0.2, 0.25) is 0 Å². The Labute approximate surface area is 163 Å². The molecule has 5 rings (SSSR count). The Balaban J connectivity index is 1.39. The molecule has 0 radical (unpaired) electrons. The number of benzene rings is 1. The Morgan fingerprint density at radius 1 is 1.11 bits per heavy atom. The van der Waals surface area contributed by atoms with Crippen molar-refractivity contribution in [3.63, 3.8) is 0 Å². The van der Waals surface area contributed by atoms with Gasteiger partial charge in [0.1, 0.15) is 5.82 Å². The van der Waals surface area contributed by atoms with Crippen molar-refractivity contribution in [1.29, 1.82) is 0 Å². The van der Waals surface area contributed by atoms with Crippen molar-refractivity contribution < 1.29 is 9.18 Å². The molecule has 3 aliphatic rings. The standard InChI is InChI=1S/C22H25FN2OS/c23-17-7-5-15(6-8-17)19-14-25(22(26)16-3-4-16)21-9-10-24(13-20(19)21)12-18-2-1-11-27-18/h1-2,5-8,11,16,19-21H,3-4,9-10,12-14H2/t19-,20-,21-/m1/s1. The Bertz CT molecular complexity index is 802. The Morgan fingerprint density at radius 2 is 1.93 bits per heavy atom. The number of nitrogens with zero attached hydrogens (tertiary/aromatic N) is 2. The van der Waals surface area contributed by atoms with Crippen LogP contribution in [0.25, 0.3) is 0 Å². The van der Waals surface area contributed by atoms with Crippen molar-refractivity contribution >= 4 is 17.2 Å². The van der Waals surface area contributed by atoms with Gasteiger partial charge in [0, 0.05) is 54.9 Å². The van der Waals surface area contributed by atoms with E-state index < -0.39 is 0 Å². The zero-order valence-corrected chi connectivity index (χ0v) is 16.2. The van der Waals surface area contributed by atoms with Gasteiger partial charge in [-0.2, -0.15) is 0 Å². The molecule has 3 heterocycles. The van der Waals surface area contributed by atoms with Crippen LogP contribution in [0.1, 0.15) is 35.6 Å². The normalized spacial score (nSPS) is 28.3. The lowest BCUT2D eigenvalue weighted by atomic mass is 9.82. The first kappa shape index (κ1) is 17.4. The van der Waals surface area contributed by atoms with E-state index in [1.54, 1.807) is 12.1 Å². The summed E-state index contributed by atoms with van der Waals surface area (Å²) >= 11 is 1.81. The molecule has 2 saturated heterocycles. The summed E-state index contributed by atoms with van der Waals surface area (Å²) in [6, 6.07) is 11.6. The number of thiophene rings is 1. The molecular weight excluding hydrogens is 359 g/mol. The van der Waals surface area contributed by atoms with Gasteiger partial charge >= 0.3 is 0 Å². The lowest BCUT2D eigenvalue weighted by molar-refractivity contribution is -0.134. The lowest BCUT2D eigenvalue weighted by Gasteiger charge is -2.39. The number of piperidine rings is 1. The molecule has 3 atom stereocenters. The maximum absolute atomic E-state index is 13.4. The van der Waals surface area contributed by atoms with Crippen molar-refractivity contribution in [2.45, 2.75) is 37.8 Å². The lowest BCUT2D eigenvalue weighted by Crippen LogP contribution is -2.47. The topological polar surface area (TPSA) is 23.6 Å². The fraction of sp³-hybridized carbons (Fsp3) is 0.500. The van der Waals surface area contributed by atoms with Crippen molar-refractivity contribution in [3.05, 3.63) is 58.0 Å². The van der Waals surface area contributed by atoms with Crippen LogP contribution in [0.3, 0.4) is 0 Å². The predicted octanol–water partition coefficient (Wildman–Crippen LogP) is 4.11. The Hall–Kier alpha value is -1.72. The van der Waals surface area contributed by atoms with E-state index in [1.807, 2.05) is 23.5 Å². The smallest absolute Gasteiger partial charge is 0.225 e. The maximum Gasteiger partial charge on any atom is 0.225 e. The van der Waals surface area contributed by atoms with Gasteiger partial charge < -0.3 is 4.90 Å². The van der Waals surface area contributed by atoms with E-state index in [4.69, 9.17) is 0 Å². The third-order valence-electron chi connectivity index (χ3n) is 6.48. The van der Waals surface area contributed by atoms with Gasteiger partial charge in [0.25, 0.3) is 0 Å². The molecule has 2 aliphatic heterocycles. The number of fused-ring (bicyclic) bond motifs is 1. The second-order valence-corrected chi connectivity index (χ2v) is 9.29. The van der Waals surface area contributed by atoms with Crippen LogP contribution in [-0.4, -0.2) is 41.4 Å². The molecule has 2 aromatic rings. The Kier molecular flexibility index (Phi) is 4.52. The summed E-state index contributed by atoms with van der Waals surface area (Å²) in [5, 5.41) is 2.13. The first-order valence-electron chi connectivity index (χ1n) is 10.00. The zero-order valence-electron chi connectivity index (χ0n) is 15.4.